The van der Waals surface area contributed by atoms with E-state index in [0.29, 0.717) is 18.7 Å². The molecule has 2 aliphatic heterocycles. The van der Waals surface area contributed by atoms with Crippen molar-refractivity contribution in [3.05, 3.63) is 87.2 Å². The second kappa shape index (κ2) is 7.94. The van der Waals surface area contributed by atoms with E-state index in [0.717, 1.165) is 32.6 Å². The first-order valence-corrected chi connectivity index (χ1v) is 12.2. The molecule has 1 unspecified atom stereocenters. The van der Waals surface area contributed by atoms with E-state index in [4.69, 9.17) is 5.21 Å². The number of aromatic hydroxyl groups is 1. The average molecular weight is 503 g/mol. The number of nitrogens with one attached hydrogen (secondary N) is 1. The summed E-state index contributed by atoms with van der Waals surface area (Å²) in [6.07, 6.45) is 0. The minimum absolute atomic E-state index is 0.0956. The number of carbonyl (C=O) groups excluding carboxylic acids is 3. The lowest BCUT2D eigenvalue weighted by atomic mass is 9.72. The smallest absolute Gasteiger partial charge is 0.326 e. The summed E-state index contributed by atoms with van der Waals surface area (Å²) in [4.78, 5) is 42.4. The van der Waals surface area contributed by atoms with E-state index < -0.39 is 11.3 Å². The molecule has 10 heteroatoms. The fourth-order valence-corrected chi connectivity index (χ4v) is 6.47. The Morgan fingerprint density at radius 3 is 2.61 bits per heavy atom. The standard InChI is InChI=1S/C26H22N4O5S/c1-28-24(33)26(21-3-2-10-36-21)14-29(25(28)34)13-20-22(26)18-11-17(31)8-9-19(18)30(20)12-15-4-6-16(7-5-15)23(32)27-35/h2-11,31,35H,12-14H2,1H3,(H,27,32). The summed E-state index contributed by atoms with van der Waals surface area (Å²) in [6.45, 7) is 0.978. The SMILES string of the molecule is CN1C(=O)N2Cc3c(c4cc(O)ccc4n3Cc3ccc(C(=O)NO)cc3)C(c3cccs3)(C2)C1=O. The number of hydrogen-bond acceptors (Lipinski definition) is 6. The predicted molar refractivity (Wildman–Crippen MR) is 132 cm³/mol. The van der Waals surface area contributed by atoms with Crippen molar-refractivity contribution in [2.45, 2.75) is 18.5 Å². The third-order valence-corrected chi connectivity index (χ3v) is 8.21. The Balaban J connectivity index is 1.60. The van der Waals surface area contributed by atoms with Gasteiger partial charge in [-0.2, -0.15) is 0 Å². The number of hydrogen-bond donors (Lipinski definition) is 3. The number of aromatic nitrogens is 1. The third kappa shape index (κ3) is 3.01. The van der Waals surface area contributed by atoms with E-state index in [1.165, 1.54) is 23.3 Å². The van der Waals surface area contributed by atoms with Gasteiger partial charge in [0.25, 0.3) is 5.91 Å². The zero-order valence-corrected chi connectivity index (χ0v) is 20.1. The van der Waals surface area contributed by atoms with Crippen LogP contribution in [-0.2, 0) is 23.3 Å². The molecular weight excluding hydrogens is 480 g/mol. The van der Waals surface area contributed by atoms with Crippen molar-refractivity contribution >= 4 is 40.1 Å². The maximum atomic E-state index is 13.9. The number of amides is 4. The molecule has 1 atom stereocenters. The van der Waals surface area contributed by atoms with Crippen LogP contribution < -0.4 is 5.48 Å². The van der Waals surface area contributed by atoms with Gasteiger partial charge in [-0.3, -0.25) is 19.7 Å². The lowest BCUT2D eigenvalue weighted by Crippen LogP contribution is -2.65. The van der Waals surface area contributed by atoms with Crippen LogP contribution in [0.15, 0.2) is 60.0 Å². The van der Waals surface area contributed by atoms with Crippen LogP contribution in [0.2, 0.25) is 0 Å². The largest absolute Gasteiger partial charge is 0.508 e. The Morgan fingerprint density at radius 1 is 1.14 bits per heavy atom. The van der Waals surface area contributed by atoms with E-state index >= 15 is 0 Å². The highest BCUT2D eigenvalue weighted by Gasteiger charge is 2.57. The van der Waals surface area contributed by atoms with Crippen LogP contribution in [0.4, 0.5) is 4.79 Å². The summed E-state index contributed by atoms with van der Waals surface area (Å²) < 4.78 is 2.08. The molecule has 3 N–H and O–H groups in total. The molecule has 6 rings (SSSR count). The van der Waals surface area contributed by atoms with Crippen molar-refractivity contribution in [1.82, 2.24) is 19.8 Å². The van der Waals surface area contributed by atoms with Crippen molar-refractivity contribution < 1.29 is 24.7 Å². The highest BCUT2D eigenvalue weighted by atomic mass is 32.1. The summed E-state index contributed by atoms with van der Waals surface area (Å²) in [5.74, 6) is -0.785. The highest BCUT2D eigenvalue weighted by Crippen LogP contribution is 2.49. The first kappa shape index (κ1) is 22.3. The van der Waals surface area contributed by atoms with Crippen LogP contribution in [0, 0.1) is 0 Å². The number of imide groups is 1. The number of phenols is 1. The summed E-state index contributed by atoms with van der Waals surface area (Å²) in [7, 11) is 1.52. The first-order valence-electron chi connectivity index (χ1n) is 11.3. The van der Waals surface area contributed by atoms with Crippen LogP contribution in [0.1, 0.15) is 32.1 Å². The van der Waals surface area contributed by atoms with Crippen LogP contribution in [0.3, 0.4) is 0 Å². The van der Waals surface area contributed by atoms with Gasteiger partial charge in [0, 0.05) is 52.7 Å². The third-order valence-electron chi connectivity index (χ3n) is 7.18. The number of nitrogens with zero attached hydrogens (tertiary/aromatic N) is 3. The monoisotopic (exact) mass is 502 g/mol. The van der Waals surface area contributed by atoms with Crippen molar-refractivity contribution in [3.63, 3.8) is 0 Å². The molecule has 1 fully saturated rings. The van der Waals surface area contributed by atoms with Crippen molar-refractivity contribution in [2.75, 3.05) is 13.6 Å². The molecule has 36 heavy (non-hydrogen) atoms. The van der Waals surface area contributed by atoms with E-state index in [1.54, 1.807) is 46.8 Å². The predicted octanol–water partition coefficient (Wildman–Crippen LogP) is 3.27. The molecule has 2 bridgehead atoms. The van der Waals surface area contributed by atoms with Gasteiger partial charge in [0.05, 0.1) is 6.54 Å². The highest BCUT2D eigenvalue weighted by molar-refractivity contribution is 7.10. The van der Waals surface area contributed by atoms with Crippen LogP contribution in [0.5, 0.6) is 5.75 Å². The Labute approximate surface area is 209 Å². The molecule has 2 aromatic heterocycles. The van der Waals surface area contributed by atoms with E-state index in [1.807, 2.05) is 23.6 Å². The molecule has 4 aromatic rings. The number of phenolic OH excluding ortho intramolecular Hbond substituents is 1. The normalized spacial score (nSPS) is 19.1. The molecule has 9 nitrogen and oxygen atoms in total. The van der Waals surface area contributed by atoms with Crippen LogP contribution in [0.25, 0.3) is 10.9 Å². The van der Waals surface area contributed by atoms with Crippen molar-refractivity contribution in [3.8, 4) is 5.75 Å². The lowest BCUT2D eigenvalue weighted by Gasteiger charge is -2.48. The number of thiophene rings is 1. The fourth-order valence-electron chi connectivity index (χ4n) is 5.55. The van der Waals surface area contributed by atoms with Gasteiger partial charge in [0.1, 0.15) is 11.2 Å². The molecule has 0 spiro atoms. The molecule has 1 saturated heterocycles. The Hall–Kier alpha value is -4.15. The number of urea groups is 1. The maximum absolute atomic E-state index is 13.9. The fraction of sp³-hybridized carbons (Fsp3) is 0.192. The Kier molecular flexibility index (Phi) is 4.92. The number of rotatable bonds is 4. The van der Waals surface area contributed by atoms with Gasteiger partial charge in [0.2, 0.25) is 5.91 Å². The minimum atomic E-state index is -1.08. The second-order valence-corrected chi connectivity index (χ2v) is 10.1. The first-order chi connectivity index (χ1) is 17.3. The van der Waals surface area contributed by atoms with Crippen molar-refractivity contribution in [2.24, 2.45) is 0 Å². The van der Waals surface area contributed by atoms with Gasteiger partial charge in [-0.05, 0) is 47.3 Å². The summed E-state index contributed by atoms with van der Waals surface area (Å²) >= 11 is 1.48. The number of hydroxylamine groups is 1. The molecule has 4 amide bonds. The minimum Gasteiger partial charge on any atom is -0.508 e. The zero-order chi connectivity index (χ0) is 25.2. The molecule has 0 aliphatic carbocycles. The van der Waals surface area contributed by atoms with Gasteiger partial charge in [-0.1, -0.05) is 18.2 Å². The molecular formula is C26H22N4O5S. The van der Waals surface area contributed by atoms with Gasteiger partial charge in [-0.15, -0.1) is 11.3 Å². The molecule has 4 heterocycles. The molecule has 0 radical (unpaired) electrons. The van der Waals surface area contributed by atoms with Gasteiger partial charge >= 0.3 is 6.03 Å². The summed E-state index contributed by atoms with van der Waals surface area (Å²) in [6, 6.07) is 15.5. The van der Waals surface area contributed by atoms with Gasteiger partial charge < -0.3 is 14.6 Å². The van der Waals surface area contributed by atoms with Crippen molar-refractivity contribution in [1.29, 1.82) is 0 Å². The van der Waals surface area contributed by atoms with E-state index in [2.05, 4.69) is 4.57 Å². The molecule has 2 aliphatic rings. The molecule has 182 valence electrons. The number of fused-ring (bicyclic) bond motifs is 6. The number of benzene rings is 2. The number of likely N-dealkylation sites (N-methyl/N-ethyl adjacent to an activating group) is 1. The Morgan fingerprint density at radius 2 is 1.92 bits per heavy atom. The van der Waals surface area contributed by atoms with Gasteiger partial charge in [-0.25, -0.2) is 10.3 Å². The zero-order valence-electron chi connectivity index (χ0n) is 19.3. The van der Waals surface area contributed by atoms with E-state index in [-0.39, 0.29) is 24.2 Å². The van der Waals surface area contributed by atoms with Crippen LogP contribution >= 0.6 is 11.3 Å². The second-order valence-electron chi connectivity index (χ2n) is 9.13. The van der Waals surface area contributed by atoms with E-state index in [9.17, 15) is 19.5 Å². The summed E-state index contributed by atoms with van der Waals surface area (Å²) in [5, 5.41) is 22.0. The van der Waals surface area contributed by atoms with Gasteiger partial charge in [0.15, 0.2) is 0 Å². The quantitative estimate of drug-likeness (QED) is 0.293. The lowest BCUT2D eigenvalue weighted by molar-refractivity contribution is -0.136. The van der Waals surface area contributed by atoms with Crippen LogP contribution in [-0.4, -0.2) is 56.1 Å². The topological polar surface area (TPSA) is 115 Å². The summed E-state index contributed by atoms with van der Waals surface area (Å²) in [5.41, 5.74) is 4.25. The maximum Gasteiger partial charge on any atom is 0.326 e. The molecule has 0 saturated carbocycles. The average Bonchev–Trinajstić information content (AvgIpc) is 3.54. The number of carbonyl (C=O) groups is 3. The molecule has 2 aromatic carbocycles. The Bertz CT molecular complexity index is 1540.